The van der Waals surface area contributed by atoms with Gasteiger partial charge in [0.1, 0.15) is 12.2 Å². The van der Waals surface area contributed by atoms with Crippen LogP contribution in [-0.2, 0) is 4.74 Å². The van der Waals surface area contributed by atoms with Gasteiger partial charge in [-0.3, -0.25) is 0 Å². The number of carbonyl (C=O) groups excluding carboxylic acids is 1. The Morgan fingerprint density at radius 2 is 2.24 bits per heavy atom. The van der Waals surface area contributed by atoms with Crippen LogP contribution in [0, 0.1) is 0 Å². The van der Waals surface area contributed by atoms with Crippen LogP contribution in [0.2, 0.25) is 5.02 Å². The number of ether oxygens (including phenoxy) is 2. The van der Waals surface area contributed by atoms with Gasteiger partial charge in [-0.25, -0.2) is 4.79 Å². The van der Waals surface area contributed by atoms with Crippen molar-refractivity contribution in [1.82, 2.24) is 0 Å². The lowest BCUT2D eigenvalue weighted by atomic mass is 10.2. The number of hydrogen-bond acceptors (Lipinski definition) is 5. The van der Waals surface area contributed by atoms with Crippen molar-refractivity contribution in [2.45, 2.75) is 6.92 Å². The molecule has 6 heteroatoms. The smallest absolute Gasteiger partial charge is 0.342 e. The summed E-state index contributed by atoms with van der Waals surface area (Å²) in [5.74, 6) is -0.386. The van der Waals surface area contributed by atoms with E-state index in [1.54, 1.807) is 6.92 Å². The van der Waals surface area contributed by atoms with Crippen LogP contribution in [0.5, 0.6) is 5.75 Å². The third-order valence-electron chi connectivity index (χ3n) is 1.90. The zero-order chi connectivity index (χ0) is 12.8. The highest BCUT2D eigenvalue weighted by atomic mass is 35.5. The molecule has 0 bridgehead atoms. The fraction of sp³-hybridized carbons (Fsp3) is 0.364. The second kappa shape index (κ2) is 6.32. The summed E-state index contributed by atoms with van der Waals surface area (Å²) in [6, 6.07) is 2.90. The van der Waals surface area contributed by atoms with Gasteiger partial charge in [-0.05, 0) is 19.1 Å². The first-order valence-electron chi connectivity index (χ1n) is 5.10. The highest BCUT2D eigenvalue weighted by Gasteiger charge is 2.18. The zero-order valence-corrected chi connectivity index (χ0v) is 10.2. The molecule has 0 radical (unpaired) electrons. The Morgan fingerprint density at radius 1 is 1.53 bits per heavy atom. The summed E-state index contributed by atoms with van der Waals surface area (Å²) < 4.78 is 10.1. The van der Waals surface area contributed by atoms with Crippen molar-refractivity contribution in [3.63, 3.8) is 0 Å². The highest BCUT2D eigenvalue weighted by Crippen LogP contribution is 2.32. The average molecular weight is 260 g/mol. The predicted octanol–water partition coefficient (Wildman–Crippen LogP) is 1.47. The lowest BCUT2D eigenvalue weighted by Gasteiger charge is -2.12. The van der Waals surface area contributed by atoms with Gasteiger partial charge < -0.3 is 20.3 Å². The molecule has 0 atom stereocenters. The van der Waals surface area contributed by atoms with E-state index in [1.807, 2.05) is 0 Å². The number of nitrogen functional groups attached to an aromatic ring is 1. The van der Waals surface area contributed by atoms with Crippen molar-refractivity contribution < 1.29 is 19.4 Å². The van der Waals surface area contributed by atoms with E-state index in [2.05, 4.69) is 0 Å². The molecular formula is C11H14ClNO4. The minimum Gasteiger partial charge on any atom is -0.489 e. The standard InChI is InChI=1S/C11H14ClNO4/c1-2-16-11(15)8-5-7(13)6-9(12)10(8)17-4-3-14/h5-6,14H,2-4,13H2,1H3. The van der Waals surface area contributed by atoms with Gasteiger partial charge in [-0.2, -0.15) is 0 Å². The number of esters is 1. The molecule has 0 saturated heterocycles. The van der Waals surface area contributed by atoms with E-state index in [9.17, 15) is 4.79 Å². The minimum atomic E-state index is -0.561. The molecular weight excluding hydrogens is 246 g/mol. The molecule has 0 spiro atoms. The van der Waals surface area contributed by atoms with Crippen molar-refractivity contribution >= 4 is 23.3 Å². The van der Waals surface area contributed by atoms with Crippen LogP contribution in [0.4, 0.5) is 5.69 Å². The maximum Gasteiger partial charge on any atom is 0.342 e. The summed E-state index contributed by atoms with van der Waals surface area (Å²) in [4.78, 5) is 11.7. The van der Waals surface area contributed by atoms with Crippen molar-refractivity contribution in [1.29, 1.82) is 0 Å². The molecule has 0 aliphatic heterocycles. The van der Waals surface area contributed by atoms with Gasteiger partial charge in [-0.15, -0.1) is 0 Å². The quantitative estimate of drug-likeness (QED) is 0.618. The Kier molecular flexibility index (Phi) is 5.06. The van der Waals surface area contributed by atoms with Crippen LogP contribution in [0.1, 0.15) is 17.3 Å². The first-order valence-corrected chi connectivity index (χ1v) is 5.47. The number of hydrogen-bond donors (Lipinski definition) is 2. The normalized spacial score (nSPS) is 10.1. The fourth-order valence-electron chi connectivity index (χ4n) is 1.27. The summed E-state index contributed by atoms with van der Waals surface area (Å²) in [5, 5.41) is 8.91. The van der Waals surface area contributed by atoms with Gasteiger partial charge in [-0.1, -0.05) is 11.6 Å². The van der Waals surface area contributed by atoms with E-state index in [-0.39, 0.29) is 36.2 Å². The number of benzene rings is 1. The molecule has 0 aromatic heterocycles. The van der Waals surface area contributed by atoms with Crippen LogP contribution < -0.4 is 10.5 Å². The maximum absolute atomic E-state index is 11.7. The third-order valence-corrected chi connectivity index (χ3v) is 2.18. The summed E-state index contributed by atoms with van der Waals surface area (Å²) in [5.41, 5.74) is 6.09. The molecule has 0 amide bonds. The van der Waals surface area contributed by atoms with Crippen molar-refractivity contribution in [3.05, 3.63) is 22.7 Å². The van der Waals surface area contributed by atoms with Gasteiger partial charge in [0, 0.05) is 5.69 Å². The van der Waals surface area contributed by atoms with E-state index in [0.717, 1.165) is 0 Å². The van der Waals surface area contributed by atoms with Gasteiger partial charge in [0.15, 0.2) is 5.75 Å². The van der Waals surface area contributed by atoms with Crippen LogP contribution in [0.15, 0.2) is 12.1 Å². The monoisotopic (exact) mass is 259 g/mol. The van der Waals surface area contributed by atoms with Gasteiger partial charge >= 0.3 is 5.97 Å². The van der Waals surface area contributed by atoms with Crippen molar-refractivity contribution in [2.75, 3.05) is 25.6 Å². The van der Waals surface area contributed by atoms with Crippen LogP contribution in [0.3, 0.4) is 0 Å². The van der Waals surface area contributed by atoms with Crippen molar-refractivity contribution in [3.8, 4) is 5.75 Å². The van der Waals surface area contributed by atoms with Gasteiger partial charge in [0.25, 0.3) is 0 Å². The van der Waals surface area contributed by atoms with Gasteiger partial charge in [0.2, 0.25) is 0 Å². The molecule has 5 nitrogen and oxygen atoms in total. The molecule has 0 saturated carbocycles. The predicted molar refractivity (Wildman–Crippen MR) is 64.4 cm³/mol. The molecule has 3 N–H and O–H groups in total. The molecule has 17 heavy (non-hydrogen) atoms. The Morgan fingerprint density at radius 3 is 2.82 bits per heavy atom. The van der Waals surface area contributed by atoms with E-state index in [1.165, 1.54) is 12.1 Å². The van der Waals surface area contributed by atoms with E-state index in [0.29, 0.717) is 5.69 Å². The van der Waals surface area contributed by atoms with E-state index < -0.39 is 5.97 Å². The molecule has 94 valence electrons. The lowest BCUT2D eigenvalue weighted by Crippen LogP contribution is -2.11. The number of nitrogens with two attached hydrogens (primary N) is 1. The number of rotatable bonds is 5. The molecule has 0 heterocycles. The summed E-state index contributed by atoms with van der Waals surface area (Å²) >= 11 is 5.92. The van der Waals surface area contributed by atoms with Crippen molar-refractivity contribution in [2.24, 2.45) is 0 Å². The second-order valence-corrected chi connectivity index (χ2v) is 3.58. The number of aliphatic hydroxyl groups is 1. The third kappa shape index (κ3) is 3.51. The molecule has 0 aliphatic rings. The second-order valence-electron chi connectivity index (χ2n) is 3.17. The molecule has 1 aromatic rings. The average Bonchev–Trinajstić information content (AvgIpc) is 2.27. The van der Waals surface area contributed by atoms with Crippen LogP contribution in [-0.4, -0.2) is 30.9 Å². The Balaban J connectivity index is 3.10. The number of aliphatic hydroxyl groups excluding tert-OH is 1. The number of carbonyl (C=O) groups is 1. The Bertz CT molecular complexity index is 409. The molecule has 1 aromatic carbocycles. The summed E-state index contributed by atoms with van der Waals surface area (Å²) in [6.45, 7) is 1.80. The topological polar surface area (TPSA) is 81.8 Å². The summed E-state index contributed by atoms with van der Waals surface area (Å²) in [6.07, 6.45) is 0. The molecule has 1 rings (SSSR count). The van der Waals surface area contributed by atoms with Crippen LogP contribution >= 0.6 is 11.6 Å². The first kappa shape index (κ1) is 13.6. The number of halogens is 1. The highest BCUT2D eigenvalue weighted by molar-refractivity contribution is 6.33. The maximum atomic E-state index is 11.7. The zero-order valence-electron chi connectivity index (χ0n) is 9.40. The SMILES string of the molecule is CCOC(=O)c1cc(N)cc(Cl)c1OCCO. The lowest BCUT2D eigenvalue weighted by molar-refractivity contribution is 0.0520. The van der Waals surface area contributed by atoms with E-state index >= 15 is 0 Å². The molecule has 0 unspecified atom stereocenters. The fourth-order valence-corrected chi connectivity index (χ4v) is 1.55. The largest absolute Gasteiger partial charge is 0.489 e. The summed E-state index contributed by atoms with van der Waals surface area (Å²) in [7, 11) is 0. The Hall–Kier alpha value is -1.46. The Labute approximate surface area is 104 Å². The number of anilines is 1. The van der Waals surface area contributed by atoms with E-state index in [4.69, 9.17) is 31.9 Å². The van der Waals surface area contributed by atoms with Crippen LogP contribution in [0.25, 0.3) is 0 Å². The van der Waals surface area contributed by atoms with Gasteiger partial charge in [0.05, 0.1) is 18.2 Å². The molecule has 0 fully saturated rings. The first-order chi connectivity index (χ1) is 8.10. The molecule has 0 aliphatic carbocycles. The minimum absolute atomic E-state index is 0.0377.